The van der Waals surface area contributed by atoms with Crippen LogP contribution in [0.15, 0.2) is 28.7 Å². The lowest BCUT2D eigenvalue weighted by Gasteiger charge is -2.26. The number of methoxy groups -OCH3 is 1. The van der Waals surface area contributed by atoms with E-state index in [9.17, 15) is 4.79 Å². The standard InChI is InChI=1S/C21H26N2O4/c1-15-18(22-20(27-15)16-5-3-6-17(13-16)25-2)14-23-11-10-21(8-4-12-26-21)9-7-19(23)24/h3,5-6,13H,4,7-12,14H2,1-2H3. The first-order chi connectivity index (χ1) is 13.1. The van der Waals surface area contributed by atoms with Crippen molar-refractivity contribution in [3.05, 3.63) is 35.7 Å². The lowest BCUT2D eigenvalue weighted by Crippen LogP contribution is -2.32. The number of aryl methyl sites for hydroxylation is 1. The van der Waals surface area contributed by atoms with Crippen LogP contribution in [0, 0.1) is 6.92 Å². The Bertz CT molecular complexity index is 823. The molecule has 2 fully saturated rings. The molecule has 2 aromatic rings. The summed E-state index contributed by atoms with van der Waals surface area (Å²) in [5.41, 5.74) is 1.59. The van der Waals surface area contributed by atoms with Crippen molar-refractivity contribution in [2.45, 2.75) is 51.2 Å². The molecule has 3 heterocycles. The highest BCUT2D eigenvalue weighted by atomic mass is 16.5. The molecule has 1 atom stereocenters. The van der Waals surface area contributed by atoms with Crippen LogP contribution in [0.4, 0.5) is 0 Å². The molecule has 0 radical (unpaired) electrons. The topological polar surface area (TPSA) is 64.8 Å². The molecule has 1 amide bonds. The van der Waals surface area contributed by atoms with E-state index in [0.717, 1.165) is 55.1 Å². The quantitative estimate of drug-likeness (QED) is 0.821. The van der Waals surface area contributed by atoms with Crippen molar-refractivity contribution >= 4 is 5.91 Å². The van der Waals surface area contributed by atoms with Crippen molar-refractivity contribution in [2.24, 2.45) is 0 Å². The predicted molar refractivity (Wildman–Crippen MR) is 100 cm³/mol. The molecule has 1 aromatic carbocycles. The number of rotatable bonds is 4. The minimum atomic E-state index is -0.0883. The van der Waals surface area contributed by atoms with Crippen LogP contribution < -0.4 is 4.74 Å². The summed E-state index contributed by atoms with van der Waals surface area (Å²) in [6.07, 6.45) is 4.44. The molecule has 4 rings (SSSR count). The van der Waals surface area contributed by atoms with Crippen molar-refractivity contribution in [3.8, 4) is 17.2 Å². The average Bonchev–Trinajstić information content (AvgIpc) is 3.26. The highest BCUT2D eigenvalue weighted by Gasteiger charge is 2.38. The van der Waals surface area contributed by atoms with Gasteiger partial charge in [0.05, 0.1) is 19.3 Å². The Hall–Kier alpha value is -2.34. The van der Waals surface area contributed by atoms with Crippen LogP contribution in [0.25, 0.3) is 11.5 Å². The summed E-state index contributed by atoms with van der Waals surface area (Å²) in [5.74, 6) is 2.23. The van der Waals surface area contributed by atoms with Crippen molar-refractivity contribution < 1.29 is 18.7 Å². The van der Waals surface area contributed by atoms with Crippen LogP contribution in [-0.4, -0.2) is 41.7 Å². The fourth-order valence-corrected chi connectivity index (χ4v) is 4.03. The van der Waals surface area contributed by atoms with Gasteiger partial charge in [-0.2, -0.15) is 0 Å². The summed E-state index contributed by atoms with van der Waals surface area (Å²) in [4.78, 5) is 19.2. The molecule has 0 N–H and O–H groups in total. The molecular weight excluding hydrogens is 344 g/mol. The van der Waals surface area contributed by atoms with Gasteiger partial charge in [0.15, 0.2) is 0 Å². The summed E-state index contributed by atoms with van der Waals surface area (Å²) < 4.78 is 17.1. The zero-order valence-corrected chi connectivity index (χ0v) is 16.0. The van der Waals surface area contributed by atoms with Crippen molar-refractivity contribution in [3.63, 3.8) is 0 Å². The fraction of sp³-hybridized carbons (Fsp3) is 0.524. The van der Waals surface area contributed by atoms with Crippen LogP contribution >= 0.6 is 0 Å². The zero-order valence-electron chi connectivity index (χ0n) is 16.0. The zero-order chi connectivity index (χ0) is 18.9. The molecule has 6 nitrogen and oxygen atoms in total. The van der Waals surface area contributed by atoms with Gasteiger partial charge >= 0.3 is 0 Å². The number of oxazole rings is 1. The van der Waals surface area contributed by atoms with Gasteiger partial charge in [0.25, 0.3) is 0 Å². The van der Waals surface area contributed by atoms with Gasteiger partial charge in [0.1, 0.15) is 17.2 Å². The van der Waals surface area contributed by atoms with Crippen molar-refractivity contribution in [2.75, 3.05) is 20.3 Å². The lowest BCUT2D eigenvalue weighted by atomic mass is 9.92. The van der Waals surface area contributed by atoms with E-state index in [4.69, 9.17) is 13.9 Å². The molecule has 2 aliphatic rings. The minimum absolute atomic E-state index is 0.0883. The van der Waals surface area contributed by atoms with E-state index in [1.807, 2.05) is 36.1 Å². The number of aromatic nitrogens is 1. The maximum absolute atomic E-state index is 12.6. The predicted octanol–water partition coefficient (Wildman–Crippen LogP) is 3.72. The van der Waals surface area contributed by atoms with Crippen LogP contribution in [0.2, 0.25) is 0 Å². The molecule has 0 aliphatic carbocycles. The fourth-order valence-electron chi connectivity index (χ4n) is 4.03. The monoisotopic (exact) mass is 370 g/mol. The van der Waals surface area contributed by atoms with Crippen LogP contribution in [0.1, 0.15) is 43.6 Å². The van der Waals surface area contributed by atoms with Gasteiger partial charge in [-0.05, 0) is 50.8 Å². The van der Waals surface area contributed by atoms with Gasteiger partial charge in [-0.15, -0.1) is 0 Å². The maximum Gasteiger partial charge on any atom is 0.226 e. The summed E-state index contributed by atoms with van der Waals surface area (Å²) in [6.45, 7) is 3.91. The number of nitrogens with zero attached hydrogens (tertiary/aromatic N) is 2. The van der Waals surface area contributed by atoms with E-state index in [1.54, 1.807) is 7.11 Å². The van der Waals surface area contributed by atoms with Crippen LogP contribution in [0.5, 0.6) is 5.75 Å². The molecule has 1 spiro atoms. The molecule has 1 unspecified atom stereocenters. The Labute approximate surface area is 159 Å². The second-order valence-electron chi connectivity index (χ2n) is 7.45. The van der Waals surface area contributed by atoms with Crippen LogP contribution in [0.3, 0.4) is 0 Å². The third-order valence-electron chi connectivity index (χ3n) is 5.72. The molecule has 1 aromatic heterocycles. The van der Waals surface area contributed by atoms with E-state index < -0.39 is 0 Å². The van der Waals surface area contributed by atoms with Gasteiger partial charge in [0, 0.05) is 25.1 Å². The number of hydrogen-bond donors (Lipinski definition) is 0. The number of hydrogen-bond acceptors (Lipinski definition) is 5. The first-order valence-electron chi connectivity index (χ1n) is 9.61. The first kappa shape index (κ1) is 18.0. The first-order valence-corrected chi connectivity index (χ1v) is 9.61. The lowest BCUT2D eigenvalue weighted by molar-refractivity contribution is -0.131. The number of benzene rings is 1. The van der Waals surface area contributed by atoms with E-state index in [-0.39, 0.29) is 11.5 Å². The Kier molecular flexibility index (Phi) is 4.91. The van der Waals surface area contributed by atoms with E-state index in [0.29, 0.717) is 25.4 Å². The van der Waals surface area contributed by atoms with E-state index in [2.05, 4.69) is 4.98 Å². The van der Waals surface area contributed by atoms with Gasteiger partial charge < -0.3 is 18.8 Å². The Morgan fingerprint density at radius 1 is 1.30 bits per heavy atom. The Morgan fingerprint density at radius 3 is 2.96 bits per heavy atom. The molecule has 2 aliphatic heterocycles. The summed E-state index contributed by atoms with van der Waals surface area (Å²) in [7, 11) is 1.64. The number of amides is 1. The molecule has 0 bridgehead atoms. The van der Waals surface area contributed by atoms with Crippen molar-refractivity contribution in [1.29, 1.82) is 0 Å². The summed E-state index contributed by atoms with van der Waals surface area (Å²) >= 11 is 0. The summed E-state index contributed by atoms with van der Waals surface area (Å²) in [6, 6.07) is 7.63. The normalized spacial score (nSPS) is 23.0. The maximum atomic E-state index is 12.6. The Morgan fingerprint density at radius 2 is 2.19 bits per heavy atom. The third-order valence-corrected chi connectivity index (χ3v) is 5.72. The van der Waals surface area contributed by atoms with Gasteiger partial charge in [-0.3, -0.25) is 4.79 Å². The molecule has 0 saturated carbocycles. The largest absolute Gasteiger partial charge is 0.497 e. The average molecular weight is 370 g/mol. The molecule has 2 saturated heterocycles. The van der Waals surface area contributed by atoms with Crippen LogP contribution in [-0.2, 0) is 16.1 Å². The summed E-state index contributed by atoms with van der Waals surface area (Å²) in [5, 5.41) is 0. The number of likely N-dealkylation sites (tertiary alicyclic amines) is 1. The second-order valence-corrected chi connectivity index (χ2v) is 7.45. The minimum Gasteiger partial charge on any atom is -0.497 e. The third kappa shape index (κ3) is 3.72. The highest BCUT2D eigenvalue weighted by molar-refractivity contribution is 5.76. The molecule has 27 heavy (non-hydrogen) atoms. The molecule has 144 valence electrons. The highest BCUT2D eigenvalue weighted by Crippen LogP contribution is 2.36. The Balaban J connectivity index is 1.50. The SMILES string of the molecule is COc1cccc(-c2nc(CN3CCC4(CCCO4)CCC3=O)c(C)o2)c1. The van der Waals surface area contributed by atoms with E-state index >= 15 is 0 Å². The molecule has 6 heteroatoms. The smallest absolute Gasteiger partial charge is 0.226 e. The van der Waals surface area contributed by atoms with Gasteiger partial charge in [-0.1, -0.05) is 6.07 Å². The number of ether oxygens (including phenoxy) is 2. The van der Waals surface area contributed by atoms with E-state index in [1.165, 1.54) is 0 Å². The number of carbonyl (C=O) groups excluding carboxylic acids is 1. The number of carbonyl (C=O) groups is 1. The second kappa shape index (κ2) is 7.35. The van der Waals surface area contributed by atoms with Crippen molar-refractivity contribution in [1.82, 2.24) is 9.88 Å². The van der Waals surface area contributed by atoms with Gasteiger partial charge in [-0.25, -0.2) is 4.98 Å². The van der Waals surface area contributed by atoms with Gasteiger partial charge in [0.2, 0.25) is 11.8 Å². The molecular formula is C21H26N2O4.